The van der Waals surface area contributed by atoms with Gasteiger partial charge >= 0.3 is 12.2 Å². The van der Waals surface area contributed by atoms with Gasteiger partial charge < -0.3 is 10.1 Å². The van der Waals surface area contributed by atoms with Crippen LogP contribution in [0.4, 0.5) is 23.7 Å². The summed E-state index contributed by atoms with van der Waals surface area (Å²) in [6.45, 7) is 0. The van der Waals surface area contributed by atoms with Crippen LogP contribution in [0.1, 0.15) is 15.9 Å². The van der Waals surface area contributed by atoms with Crippen molar-refractivity contribution in [1.29, 1.82) is 0 Å². The summed E-state index contributed by atoms with van der Waals surface area (Å²) in [7, 11) is 0. The molecular weight excluding hydrogens is 458 g/mol. The number of benzene rings is 2. The molecule has 0 radical (unpaired) electrons. The molecule has 1 aromatic heterocycles. The maximum atomic E-state index is 12.7. The largest absolute Gasteiger partial charge is 0.437 e. The summed E-state index contributed by atoms with van der Waals surface area (Å²) >= 11 is 11.7. The van der Waals surface area contributed by atoms with Gasteiger partial charge in [-0.3, -0.25) is 10.1 Å². The first-order valence-electron chi connectivity index (χ1n) is 8.51. The summed E-state index contributed by atoms with van der Waals surface area (Å²) < 4.78 is 43.5. The lowest BCUT2D eigenvalue weighted by Gasteiger charge is -2.11. The van der Waals surface area contributed by atoms with Crippen LogP contribution in [0.25, 0.3) is 0 Å². The van der Waals surface area contributed by atoms with Crippen LogP contribution in [0, 0.1) is 0 Å². The molecule has 0 aliphatic heterocycles. The van der Waals surface area contributed by atoms with E-state index in [2.05, 4.69) is 15.6 Å². The van der Waals surface area contributed by atoms with Crippen molar-refractivity contribution in [3.05, 3.63) is 82.0 Å². The summed E-state index contributed by atoms with van der Waals surface area (Å²) in [6, 6.07) is 11.9. The van der Waals surface area contributed by atoms with E-state index in [1.807, 2.05) is 0 Å². The third-order valence-electron chi connectivity index (χ3n) is 3.79. The van der Waals surface area contributed by atoms with Gasteiger partial charge in [-0.15, -0.1) is 0 Å². The second kappa shape index (κ2) is 9.23. The Morgan fingerprint density at radius 1 is 0.968 bits per heavy atom. The highest BCUT2D eigenvalue weighted by Gasteiger charge is 2.31. The van der Waals surface area contributed by atoms with Crippen LogP contribution in [0.2, 0.25) is 10.0 Å². The Hall–Kier alpha value is -3.30. The predicted octanol–water partition coefficient (Wildman–Crippen LogP) is 6.16. The van der Waals surface area contributed by atoms with Crippen LogP contribution in [-0.4, -0.2) is 16.9 Å². The minimum Gasteiger partial charge on any atom is -0.437 e. The molecule has 0 atom stereocenters. The second-order valence-electron chi connectivity index (χ2n) is 6.03. The van der Waals surface area contributed by atoms with Crippen LogP contribution < -0.4 is 15.4 Å². The van der Waals surface area contributed by atoms with E-state index in [1.54, 1.807) is 12.1 Å². The van der Waals surface area contributed by atoms with E-state index in [9.17, 15) is 22.8 Å². The molecule has 160 valence electrons. The van der Waals surface area contributed by atoms with Crippen molar-refractivity contribution in [1.82, 2.24) is 10.3 Å². The Bertz CT molecular complexity index is 1140. The number of amides is 3. The molecule has 0 saturated heterocycles. The number of carbonyl (C=O) groups excluding carboxylic acids is 2. The minimum atomic E-state index is -4.59. The number of nitrogens with one attached hydrogen (secondary N) is 2. The van der Waals surface area contributed by atoms with Crippen LogP contribution >= 0.6 is 23.2 Å². The minimum absolute atomic E-state index is 0.124. The average molecular weight is 470 g/mol. The van der Waals surface area contributed by atoms with E-state index in [4.69, 9.17) is 27.9 Å². The number of carbonyl (C=O) groups is 2. The molecule has 11 heteroatoms. The normalized spacial score (nSPS) is 11.0. The maximum absolute atomic E-state index is 12.7. The van der Waals surface area contributed by atoms with Gasteiger partial charge in [-0.2, -0.15) is 13.2 Å². The molecule has 0 saturated carbocycles. The first-order valence-corrected chi connectivity index (χ1v) is 9.26. The van der Waals surface area contributed by atoms with Crippen LogP contribution in [-0.2, 0) is 6.18 Å². The lowest BCUT2D eigenvalue weighted by Crippen LogP contribution is -2.34. The van der Waals surface area contributed by atoms with Gasteiger partial charge in [0.25, 0.3) is 5.91 Å². The molecule has 3 rings (SSSR count). The Balaban J connectivity index is 1.67. The fourth-order valence-corrected chi connectivity index (χ4v) is 2.81. The van der Waals surface area contributed by atoms with Crippen molar-refractivity contribution >= 4 is 40.8 Å². The summed E-state index contributed by atoms with van der Waals surface area (Å²) in [5, 5.41) is 4.41. The zero-order valence-corrected chi connectivity index (χ0v) is 16.8. The number of hydrogen-bond acceptors (Lipinski definition) is 4. The number of halogens is 5. The summed E-state index contributed by atoms with van der Waals surface area (Å²) in [6.07, 6.45) is -4.00. The topological polar surface area (TPSA) is 80.3 Å². The van der Waals surface area contributed by atoms with Crippen molar-refractivity contribution in [2.45, 2.75) is 6.18 Å². The highest BCUT2D eigenvalue weighted by atomic mass is 35.5. The van der Waals surface area contributed by atoms with E-state index in [0.717, 1.165) is 0 Å². The standard InChI is InChI=1S/C20H12Cl2F3N3O3/c21-15-7-2-1-6-14(15)17(29)28-19(30)27-12-4-3-5-13(9-12)31-18-16(22)8-11(10-26-18)20(23,24)25/h1-10H,(H2,27,28,29,30). The van der Waals surface area contributed by atoms with Crippen molar-refractivity contribution in [2.75, 3.05) is 5.32 Å². The van der Waals surface area contributed by atoms with Crippen molar-refractivity contribution < 1.29 is 27.5 Å². The van der Waals surface area contributed by atoms with Crippen molar-refractivity contribution in [2.24, 2.45) is 0 Å². The lowest BCUT2D eigenvalue weighted by atomic mass is 10.2. The number of nitrogens with zero attached hydrogens (tertiary/aromatic N) is 1. The number of imide groups is 1. The van der Waals surface area contributed by atoms with E-state index >= 15 is 0 Å². The van der Waals surface area contributed by atoms with Crippen molar-refractivity contribution in [3.63, 3.8) is 0 Å². The molecule has 0 spiro atoms. The average Bonchev–Trinajstić information content (AvgIpc) is 2.69. The number of ether oxygens (including phenoxy) is 1. The summed E-state index contributed by atoms with van der Waals surface area (Å²) in [5.41, 5.74) is -0.649. The monoisotopic (exact) mass is 469 g/mol. The smallest absolute Gasteiger partial charge is 0.417 e. The number of pyridine rings is 1. The molecule has 0 fully saturated rings. The summed E-state index contributed by atoms with van der Waals surface area (Å²) in [4.78, 5) is 27.8. The van der Waals surface area contributed by atoms with Crippen LogP contribution in [0.5, 0.6) is 11.6 Å². The number of alkyl halides is 3. The van der Waals surface area contributed by atoms with Gasteiger partial charge in [0, 0.05) is 18.0 Å². The Morgan fingerprint density at radius 3 is 2.39 bits per heavy atom. The number of aromatic nitrogens is 1. The first-order chi connectivity index (χ1) is 14.6. The number of urea groups is 1. The zero-order chi connectivity index (χ0) is 22.6. The highest BCUT2D eigenvalue weighted by molar-refractivity contribution is 6.34. The molecular formula is C20H12Cl2F3N3O3. The molecule has 1 heterocycles. The highest BCUT2D eigenvalue weighted by Crippen LogP contribution is 2.35. The molecule has 31 heavy (non-hydrogen) atoms. The molecule has 2 N–H and O–H groups in total. The first kappa shape index (κ1) is 22.4. The molecule has 6 nitrogen and oxygen atoms in total. The van der Waals surface area contributed by atoms with Gasteiger partial charge in [-0.1, -0.05) is 41.4 Å². The Kier molecular flexibility index (Phi) is 6.67. The fraction of sp³-hybridized carbons (Fsp3) is 0.0500. The number of rotatable bonds is 4. The van der Waals surface area contributed by atoms with Crippen LogP contribution in [0.3, 0.4) is 0 Å². The molecule has 0 aliphatic carbocycles. The Morgan fingerprint density at radius 2 is 1.71 bits per heavy atom. The van der Waals surface area contributed by atoms with Gasteiger partial charge in [-0.25, -0.2) is 9.78 Å². The number of anilines is 1. The quantitative estimate of drug-likeness (QED) is 0.479. The molecule has 0 aliphatic rings. The SMILES string of the molecule is O=C(NC(=O)c1ccccc1Cl)Nc1cccc(Oc2ncc(C(F)(F)F)cc2Cl)c1. The van der Waals surface area contributed by atoms with Gasteiger partial charge in [0.15, 0.2) is 0 Å². The lowest BCUT2D eigenvalue weighted by molar-refractivity contribution is -0.137. The van der Waals surface area contributed by atoms with Gasteiger partial charge in [-0.05, 0) is 30.3 Å². The molecule has 2 aromatic carbocycles. The zero-order valence-electron chi connectivity index (χ0n) is 15.3. The van der Waals surface area contributed by atoms with Crippen molar-refractivity contribution in [3.8, 4) is 11.6 Å². The molecule has 3 amide bonds. The third-order valence-corrected chi connectivity index (χ3v) is 4.39. The van der Waals surface area contributed by atoms with Gasteiger partial charge in [0.05, 0.1) is 16.1 Å². The molecule has 3 aromatic rings. The fourth-order valence-electron chi connectivity index (χ4n) is 2.38. The van der Waals surface area contributed by atoms with Crippen LogP contribution in [0.15, 0.2) is 60.8 Å². The second-order valence-corrected chi connectivity index (χ2v) is 6.84. The van der Waals surface area contributed by atoms with Gasteiger partial charge in [0.1, 0.15) is 10.8 Å². The Labute approximate surface area is 183 Å². The van der Waals surface area contributed by atoms with E-state index in [0.29, 0.717) is 12.3 Å². The predicted molar refractivity (Wildman–Crippen MR) is 109 cm³/mol. The summed E-state index contributed by atoms with van der Waals surface area (Å²) in [5.74, 6) is -0.800. The molecule has 0 unspecified atom stereocenters. The number of hydrogen-bond donors (Lipinski definition) is 2. The van der Waals surface area contributed by atoms with E-state index < -0.39 is 23.7 Å². The maximum Gasteiger partial charge on any atom is 0.417 e. The third kappa shape index (κ3) is 5.87. The van der Waals surface area contributed by atoms with E-state index in [1.165, 1.54) is 36.4 Å². The molecule has 0 bridgehead atoms. The van der Waals surface area contributed by atoms with Gasteiger partial charge in [0.2, 0.25) is 5.88 Å². The van der Waals surface area contributed by atoms with E-state index in [-0.39, 0.29) is 32.9 Å².